The Hall–Kier alpha value is -1.63. The van der Waals surface area contributed by atoms with E-state index in [4.69, 9.17) is 5.11 Å². The van der Waals surface area contributed by atoms with Gasteiger partial charge in [-0.15, -0.1) is 0 Å². The lowest BCUT2D eigenvalue weighted by Gasteiger charge is -2.03. The van der Waals surface area contributed by atoms with Gasteiger partial charge in [0.15, 0.2) is 0 Å². The van der Waals surface area contributed by atoms with Gasteiger partial charge in [-0.1, -0.05) is 15.9 Å². The monoisotopic (exact) mass is 274 g/mol. The highest BCUT2D eigenvalue weighted by Gasteiger charge is 2.09. The minimum absolute atomic E-state index is 0.0254. The first-order valence-corrected chi connectivity index (χ1v) is 4.69. The normalized spacial score (nSPS) is 9.67. The Bertz CT molecular complexity index is 408. The minimum Gasteiger partial charge on any atom is -0.465 e. The van der Waals surface area contributed by atoms with E-state index in [1.165, 1.54) is 18.2 Å². The molecule has 7 heteroatoms. The number of non-ortho nitro benzene ring substituents is 1. The third kappa shape index (κ3) is 3.21. The zero-order chi connectivity index (χ0) is 11.4. The lowest BCUT2D eigenvalue weighted by atomic mass is 10.2. The zero-order valence-corrected chi connectivity index (χ0v) is 9.02. The van der Waals surface area contributed by atoms with E-state index in [1.54, 1.807) is 0 Å². The van der Waals surface area contributed by atoms with Gasteiger partial charge in [0.25, 0.3) is 5.69 Å². The third-order valence-electron chi connectivity index (χ3n) is 1.67. The van der Waals surface area contributed by atoms with Crippen LogP contribution in [-0.2, 0) is 6.54 Å². The SMILES string of the molecule is O=C(O)NCc1cc([N+](=O)[O-])ccc1Br. The molecule has 0 saturated carbocycles. The first kappa shape index (κ1) is 11.4. The van der Waals surface area contributed by atoms with Crippen LogP contribution in [0.5, 0.6) is 0 Å². The van der Waals surface area contributed by atoms with E-state index < -0.39 is 11.0 Å². The van der Waals surface area contributed by atoms with Gasteiger partial charge < -0.3 is 10.4 Å². The summed E-state index contributed by atoms with van der Waals surface area (Å²) in [5.41, 5.74) is 0.451. The van der Waals surface area contributed by atoms with E-state index in [0.717, 1.165) is 0 Å². The van der Waals surface area contributed by atoms with Gasteiger partial charge in [0, 0.05) is 23.2 Å². The predicted molar refractivity (Wildman–Crippen MR) is 55.7 cm³/mol. The van der Waals surface area contributed by atoms with E-state index in [1.807, 2.05) is 0 Å². The van der Waals surface area contributed by atoms with E-state index in [9.17, 15) is 14.9 Å². The number of amides is 1. The second kappa shape index (κ2) is 4.74. The molecular weight excluding hydrogens is 268 g/mol. The molecule has 1 aromatic carbocycles. The second-order valence-electron chi connectivity index (χ2n) is 2.69. The van der Waals surface area contributed by atoms with Gasteiger partial charge >= 0.3 is 6.09 Å². The van der Waals surface area contributed by atoms with Crippen molar-refractivity contribution in [2.45, 2.75) is 6.54 Å². The maximum Gasteiger partial charge on any atom is 0.404 e. The van der Waals surface area contributed by atoms with Gasteiger partial charge in [0.2, 0.25) is 0 Å². The highest BCUT2D eigenvalue weighted by Crippen LogP contribution is 2.22. The summed E-state index contributed by atoms with van der Waals surface area (Å²) >= 11 is 3.17. The number of hydrogen-bond donors (Lipinski definition) is 2. The minimum atomic E-state index is -1.17. The van der Waals surface area contributed by atoms with Gasteiger partial charge in [-0.3, -0.25) is 10.1 Å². The summed E-state index contributed by atoms with van der Waals surface area (Å²) in [6, 6.07) is 4.17. The molecule has 0 aliphatic carbocycles. The van der Waals surface area contributed by atoms with Crippen molar-refractivity contribution in [3.63, 3.8) is 0 Å². The quantitative estimate of drug-likeness (QED) is 0.652. The molecule has 0 heterocycles. The Morgan fingerprint density at radius 1 is 1.60 bits per heavy atom. The van der Waals surface area contributed by atoms with Crippen LogP contribution in [-0.4, -0.2) is 16.1 Å². The molecule has 0 fully saturated rings. The van der Waals surface area contributed by atoms with Crippen molar-refractivity contribution in [1.29, 1.82) is 0 Å². The van der Waals surface area contributed by atoms with Crippen LogP contribution in [0, 0.1) is 10.1 Å². The van der Waals surface area contributed by atoms with Crippen LogP contribution in [0.3, 0.4) is 0 Å². The molecule has 1 aromatic rings. The maximum atomic E-state index is 10.5. The van der Waals surface area contributed by atoms with Crippen LogP contribution in [0.2, 0.25) is 0 Å². The lowest BCUT2D eigenvalue weighted by molar-refractivity contribution is -0.384. The summed E-state index contributed by atoms with van der Waals surface area (Å²) in [4.78, 5) is 20.2. The first-order chi connectivity index (χ1) is 7.00. The molecule has 15 heavy (non-hydrogen) atoms. The molecule has 0 saturated heterocycles. The molecule has 0 unspecified atom stereocenters. The van der Waals surface area contributed by atoms with Crippen LogP contribution >= 0.6 is 15.9 Å². The lowest BCUT2D eigenvalue weighted by Crippen LogP contribution is -2.20. The molecule has 0 aliphatic heterocycles. The molecule has 0 atom stereocenters. The van der Waals surface area contributed by atoms with Gasteiger partial charge in [-0.05, 0) is 11.6 Å². The molecule has 0 spiro atoms. The summed E-state index contributed by atoms with van der Waals surface area (Å²) in [6.45, 7) is 0.0254. The molecule has 1 amide bonds. The molecule has 0 radical (unpaired) electrons. The summed E-state index contributed by atoms with van der Waals surface area (Å²) in [6.07, 6.45) is -1.17. The van der Waals surface area contributed by atoms with Gasteiger partial charge in [-0.25, -0.2) is 4.79 Å². The Labute approximate surface area is 93.2 Å². The van der Waals surface area contributed by atoms with E-state index in [-0.39, 0.29) is 12.2 Å². The fourth-order valence-corrected chi connectivity index (χ4v) is 1.37. The highest BCUT2D eigenvalue weighted by molar-refractivity contribution is 9.10. The summed E-state index contributed by atoms with van der Waals surface area (Å²) in [5.74, 6) is 0. The average molecular weight is 275 g/mol. The average Bonchev–Trinajstić information content (AvgIpc) is 2.16. The van der Waals surface area contributed by atoms with E-state index >= 15 is 0 Å². The van der Waals surface area contributed by atoms with Crippen molar-refractivity contribution >= 4 is 27.7 Å². The Kier molecular flexibility index (Phi) is 3.62. The van der Waals surface area contributed by atoms with Crippen molar-refractivity contribution in [2.75, 3.05) is 0 Å². The standard InChI is InChI=1S/C8H7BrN2O4/c9-7-2-1-6(11(14)15)3-5(7)4-10-8(12)13/h1-3,10H,4H2,(H,12,13). The zero-order valence-electron chi connectivity index (χ0n) is 7.44. The number of hydrogen-bond acceptors (Lipinski definition) is 3. The predicted octanol–water partition coefficient (Wildman–Crippen LogP) is 2.12. The fraction of sp³-hybridized carbons (Fsp3) is 0.125. The van der Waals surface area contributed by atoms with Crippen molar-refractivity contribution in [3.05, 3.63) is 38.3 Å². The number of nitrogens with one attached hydrogen (secondary N) is 1. The largest absolute Gasteiger partial charge is 0.465 e. The van der Waals surface area contributed by atoms with Gasteiger partial charge in [0.1, 0.15) is 0 Å². The molecular formula is C8H7BrN2O4. The molecule has 0 aromatic heterocycles. The number of rotatable bonds is 3. The molecule has 2 N–H and O–H groups in total. The number of benzene rings is 1. The molecule has 0 aliphatic rings. The summed E-state index contributed by atoms with van der Waals surface area (Å²) in [7, 11) is 0. The Morgan fingerprint density at radius 2 is 2.27 bits per heavy atom. The van der Waals surface area contributed by atoms with E-state index in [2.05, 4.69) is 21.2 Å². The molecule has 80 valence electrons. The van der Waals surface area contributed by atoms with Crippen molar-refractivity contribution < 1.29 is 14.8 Å². The topological polar surface area (TPSA) is 92.5 Å². The first-order valence-electron chi connectivity index (χ1n) is 3.90. The number of nitro groups is 1. The van der Waals surface area contributed by atoms with Crippen LogP contribution in [0.4, 0.5) is 10.5 Å². The Balaban J connectivity index is 2.90. The molecule has 1 rings (SSSR count). The number of halogens is 1. The Morgan fingerprint density at radius 3 is 2.80 bits per heavy atom. The van der Waals surface area contributed by atoms with Crippen LogP contribution in [0.1, 0.15) is 5.56 Å². The molecule has 6 nitrogen and oxygen atoms in total. The van der Waals surface area contributed by atoms with Crippen molar-refractivity contribution in [1.82, 2.24) is 5.32 Å². The van der Waals surface area contributed by atoms with Gasteiger partial charge in [0.05, 0.1) is 4.92 Å². The summed E-state index contributed by atoms with van der Waals surface area (Å²) in [5, 5.41) is 21.0. The fourth-order valence-electron chi connectivity index (χ4n) is 0.981. The number of nitrogens with zero attached hydrogens (tertiary/aromatic N) is 1. The maximum absolute atomic E-state index is 10.5. The van der Waals surface area contributed by atoms with E-state index in [0.29, 0.717) is 10.0 Å². The smallest absolute Gasteiger partial charge is 0.404 e. The number of carboxylic acid groups (broad SMARTS) is 1. The summed E-state index contributed by atoms with van der Waals surface area (Å²) < 4.78 is 0.627. The number of carbonyl (C=O) groups is 1. The second-order valence-corrected chi connectivity index (χ2v) is 3.55. The van der Waals surface area contributed by atoms with Crippen LogP contribution in [0.15, 0.2) is 22.7 Å². The molecule has 0 bridgehead atoms. The van der Waals surface area contributed by atoms with Crippen LogP contribution in [0.25, 0.3) is 0 Å². The van der Waals surface area contributed by atoms with Gasteiger partial charge in [-0.2, -0.15) is 0 Å². The highest BCUT2D eigenvalue weighted by atomic mass is 79.9. The third-order valence-corrected chi connectivity index (χ3v) is 2.44. The number of nitro benzene ring substituents is 1. The van der Waals surface area contributed by atoms with Crippen molar-refractivity contribution in [3.8, 4) is 0 Å². The van der Waals surface area contributed by atoms with Crippen LogP contribution < -0.4 is 5.32 Å². The van der Waals surface area contributed by atoms with Crippen molar-refractivity contribution in [2.24, 2.45) is 0 Å².